The lowest BCUT2D eigenvalue weighted by Gasteiger charge is -2.34. The van der Waals surface area contributed by atoms with Gasteiger partial charge in [0.15, 0.2) is 0 Å². The van der Waals surface area contributed by atoms with Gasteiger partial charge in [-0.05, 0) is 44.6 Å². The van der Waals surface area contributed by atoms with E-state index in [-0.39, 0.29) is 16.5 Å². The van der Waals surface area contributed by atoms with Gasteiger partial charge in [-0.3, -0.25) is 0 Å². The van der Waals surface area contributed by atoms with Crippen molar-refractivity contribution >= 4 is 21.6 Å². The van der Waals surface area contributed by atoms with Crippen LogP contribution in [-0.4, -0.2) is 56.0 Å². The van der Waals surface area contributed by atoms with Crippen LogP contribution in [0.5, 0.6) is 0 Å². The van der Waals surface area contributed by atoms with Crippen molar-refractivity contribution in [2.45, 2.75) is 30.4 Å². The highest BCUT2D eigenvalue weighted by molar-refractivity contribution is 7.89. The first-order valence-electron chi connectivity index (χ1n) is 6.92. The molecule has 0 radical (unpaired) electrons. The maximum absolute atomic E-state index is 12.6. The van der Waals surface area contributed by atoms with E-state index in [0.29, 0.717) is 24.7 Å². The molecule has 1 aliphatic heterocycles. The van der Waals surface area contributed by atoms with Crippen LogP contribution in [0.1, 0.15) is 18.4 Å². The van der Waals surface area contributed by atoms with E-state index in [2.05, 4.69) is 4.90 Å². The van der Waals surface area contributed by atoms with Crippen molar-refractivity contribution in [2.75, 3.05) is 27.2 Å². The summed E-state index contributed by atoms with van der Waals surface area (Å²) >= 11 is 5.99. The summed E-state index contributed by atoms with van der Waals surface area (Å²) in [5.41, 5.74) is 0.530. The Morgan fingerprint density at radius 3 is 2.43 bits per heavy atom. The molecule has 21 heavy (non-hydrogen) atoms. The van der Waals surface area contributed by atoms with Crippen molar-refractivity contribution in [1.82, 2.24) is 9.21 Å². The zero-order chi connectivity index (χ0) is 15.6. The van der Waals surface area contributed by atoms with E-state index in [1.807, 2.05) is 14.1 Å². The fraction of sp³-hybridized carbons (Fsp3) is 0.571. The highest BCUT2D eigenvalue weighted by Gasteiger charge is 2.30. The Hall–Kier alpha value is -0.660. The monoisotopic (exact) mass is 332 g/mol. The van der Waals surface area contributed by atoms with E-state index in [4.69, 9.17) is 16.7 Å². The van der Waals surface area contributed by atoms with Crippen LogP contribution in [0, 0.1) is 0 Å². The number of sulfonamides is 1. The second kappa shape index (κ2) is 6.62. The summed E-state index contributed by atoms with van der Waals surface area (Å²) in [6.45, 7) is 0.836. The number of nitrogens with zero attached hydrogens (tertiary/aromatic N) is 2. The number of hydrogen-bond donors (Lipinski definition) is 1. The molecule has 0 amide bonds. The van der Waals surface area contributed by atoms with Crippen molar-refractivity contribution in [3.8, 4) is 0 Å². The van der Waals surface area contributed by atoms with Crippen LogP contribution >= 0.6 is 11.6 Å². The largest absolute Gasteiger partial charge is 0.392 e. The van der Waals surface area contributed by atoms with Crippen LogP contribution in [0.2, 0.25) is 5.02 Å². The smallest absolute Gasteiger partial charge is 0.243 e. The minimum absolute atomic E-state index is 0.188. The first kappa shape index (κ1) is 16.7. The number of hydrogen-bond acceptors (Lipinski definition) is 4. The molecule has 1 saturated heterocycles. The summed E-state index contributed by atoms with van der Waals surface area (Å²) in [5, 5.41) is 9.37. The third kappa shape index (κ3) is 3.57. The van der Waals surface area contributed by atoms with Gasteiger partial charge < -0.3 is 10.0 Å². The maximum Gasteiger partial charge on any atom is 0.243 e. The summed E-state index contributed by atoms with van der Waals surface area (Å²) < 4.78 is 26.7. The highest BCUT2D eigenvalue weighted by Crippen LogP contribution is 2.26. The molecule has 0 aromatic heterocycles. The molecule has 0 saturated carbocycles. The van der Waals surface area contributed by atoms with Gasteiger partial charge in [0.1, 0.15) is 0 Å². The Labute approximate surface area is 131 Å². The Morgan fingerprint density at radius 2 is 1.95 bits per heavy atom. The van der Waals surface area contributed by atoms with Crippen LogP contribution in [0.25, 0.3) is 0 Å². The number of rotatable bonds is 4. The quantitative estimate of drug-likeness (QED) is 0.908. The van der Waals surface area contributed by atoms with Gasteiger partial charge >= 0.3 is 0 Å². The molecule has 1 fully saturated rings. The zero-order valence-electron chi connectivity index (χ0n) is 12.3. The minimum Gasteiger partial charge on any atom is -0.392 e. The van der Waals surface area contributed by atoms with Crippen LogP contribution < -0.4 is 0 Å². The maximum atomic E-state index is 12.6. The van der Waals surface area contributed by atoms with Gasteiger partial charge in [-0.1, -0.05) is 17.7 Å². The lowest BCUT2D eigenvalue weighted by atomic mass is 10.1. The summed E-state index contributed by atoms with van der Waals surface area (Å²) in [6.07, 6.45) is 1.66. The SMILES string of the molecule is CN(C)C1CCN(S(=O)(=O)c2ccc(CO)c(Cl)c2)CC1. The number of aliphatic hydroxyl groups is 1. The van der Waals surface area contributed by atoms with Crippen molar-refractivity contribution < 1.29 is 13.5 Å². The van der Waals surface area contributed by atoms with Crippen LogP contribution in [0.3, 0.4) is 0 Å². The van der Waals surface area contributed by atoms with Gasteiger partial charge in [0, 0.05) is 24.2 Å². The van der Waals surface area contributed by atoms with Crippen LogP contribution in [0.4, 0.5) is 0 Å². The molecule has 2 rings (SSSR count). The Morgan fingerprint density at radius 1 is 1.33 bits per heavy atom. The molecule has 1 N–H and O–H groups in total. The van der Waals surface area contributed by atoms with E-state index in [1.54, 1.807) is 6.07 Å². The minimum atomic E-state index is -3.51. The first-order valence-corrected chi connectivity index (χ1v) is 8.74. The third-order valence-corrected chi connectivity index (χ3v) is 6.23. The van der Waals surface area contributed by atoms with Gasteiger partial charge in [-0.2, -0.15) is 4.31 Å². The predicted molar refractivity (Wildman–Crippen MR) is 82.8 cm³/mol. The number of aliphatic hydroxyl groups excluding tert-OH is 1. The van der Waals surface area contributed by atoms with E-state index < -0.39 is 10.0 Å². The molecule has 1 aromatic carbocycles. The van der Waals surface area contributed by atoms with Gasteiger partial charge in [0.25, 0.3) is 0 Å². The topological polar surface area (TPSA) is 60.9 Å². The van der Waals surface area contributed by atoms with Crippen molar-refractivity contribution in [1.29, 1.82) is 0 Å². The predicted octanol–water partition coefficient (Wildman–Crippen LogP) is 1.55. The Balaban J connectivity index is 2.17. The molecule has 118 valence electrons. The number of benzene rings is 1. The van der Waals surface area contributed by atoms with Gasteiger partial charge in [0.05, 0.1) is 11.5 Å². The van der Waals surface area contributed by atoms with Crippen molar-refractivity contribution in [2.24, 2.45) is 0 Å². The summed E-state index contributed by atoms with van der Waals surface area (Å²) in [6, 6.07) is 4.91. The molecule has 0 spiro atoms. The lowest BCUT2D eigenvalue weighted by Crippen LogP contribution is -2.44. The summed E-state index contributed by atoms with van der Waals surface area (Å²) in [5.74, 6) is 0. The van der Waals surface area contributed by atoms with Gasteiger partial charge in [-0.15, -0.1) is 0 Å². The lowest BCUT2D eigenvalue weighted by molar-refractivity contribution is 0.196. The molecule has 1 aromatic rings. The van der Waals surface area contributed by atoms with Gasteiger partial charge in [0.2, 0.25) is 10.0 Å². The van der Waals surface area contributed by atoms with E-state index >= 15 is 0 Å². The second-order valence-electron chi connectivity index (χ2n) is 5.51. The second-order valence-corrected chi connectivity index (χ2v) is 7.86. The molecule has 5 nitrogen and oxygen atoms in total. The molecule has 1 heterocycles. The average molecular weight is 333 g/mol. The van der Waals surface area contributed by atoms with E-state index in [9.17, 15) is 8.42 Å². The molecule has 0 unspecified atom stereocenters. The zero-order valence-corrected chi connectivity index (χ0v) is 13.9. The van der Waals surface area contributed by atoms with E-state index in [1.165, 1.54) is 16.4 Å². The standard InChI is InChI=1S/C14H21ClN2O3S/c1-16(2)12-5-7-17(8-6-12)21(19,20)13-4-3-11(10-18)14(15)9-13/h3-4,9,12,18H,5-8,10H2,1-2H3. The molecular formula is C14H21ClN2O3S. The Kier molecular flexibility index (Phi) is 5.27. The van der Waals surface area contributed by atoms with Crippen molar-refractivity contribution in [3.63, 3.8) is 0 Å². The molecule has 0 aliphatic carbocycles. The molecule has 0 bridgehead atoms. The fourth-order valence-electron chi connectivity index (χ4n) is 2.56. The first-order chi connectivity index (χ1) is 9.86. The summed E-state index contributed by atoms with van der Waals surface area (Å²) in [4.78, 5) is 2.32. The van der Waals surface area contributed by atoms with Crippen LogP contribution in [-0.2, 0) is 16.6 Å². The molecule has 7 heteroatoms. The molecular weight excluding hydrogens is 312 g/mol. The molecule has 0 atom stereocenters. The van der Waals surface area contributed by atoms with E-state index in [0.717, 1.165) is 12.8 Å². The third-order valence-electron chi connectivity index (χ3n) is 3.99. The number of piperidine rings is 1. The summed E-state index contributed by atoms with van der Waals surface area (Å²) in [7, 11) is 0.522. The van der Waals surface area contributed by atoms with Crippen LogP contribution in [0.15, 0.2) is 23.1 Å². The average Bonchev–Trinajstić information content (AvgIpc) is 2.47. The number of halogens is 1. The Bertz CT molecular complexity index is 596. The van der Waals surface area contributed by atoms with Crippen molar-refractivity contribution in [3.05, 3.63) is 28.8 Å². The highest BCUT2D eigenvalue weighted by atomic mass is 35.5. The molecule has 1 aliphatic rings. The van der Waals surface area contributed by atoms with Gasteiger partial charge in [-0.25, -0.2) is 8.42 Å². The fourth-order valence-corrected chi connectivity index (χ4v) is 4.37. The normalized spacial score (nSPS) is 18.3.